The van der Waals surface area contributed by atoms with E-state index in [1.54, 1.807) is 11.2 Å². The van der Waals surface area contributed by atoms with Gasteiger partial charge in [-0.25, -0.2) is 9.59 Å². The number of hydrogen-bond acceptors (Lipinski definition) is 5. The van der Waals surface area contributed by atoms with Crippen LogP contribution >= 0.6 is 0 Å². The third-order valence-corrected chi connectivity index (χ3v) is 11.6. The number of nitrogens with one attached hydrogen (secondary N) is 2. The van der Waals surface area contributed by atoms with E-state index in [9.17, 15) is 19.5 Å². The molecular formula is C29H41N3O5. The van der Waals surface area contributed by atoms with Gasteiger partial charge in [0.25, 0.3) is 0 Å². The average Bonchev–Trinajstić information content (AvgIpc) is 3.16. The van der Waals surface area contributed by atoms with E-state index in [0.29, 0.717) is 24.9 Å². The predicted octanol–water partition coefficient (Wildman–Crippen LogP) is 3.39. The molecule has 3 amide bonds. The van der Waals surface area contributed by atoms with Gasteiger partial charge >= 0.3 is 11.7 Å². The first-order valence-electron chi connectivity index (χ1n) is 14.3. The molecule has 0 bridgehead atoms. The van der Waals surface area contributed by atoms with Crippen LogP contribution in [0, 0.1) is 28.6 Å². The zero-order valence-electron chi connectivity index (χ0n) is 22.1. The number of carbonyl (C=O) groups is 2. The van der Waals surface area contributed by atoms with E-state index in [4.69, 9.17) is 4.42 Å². The molecule has 37 heavy (non-hydrogen) atoms. The van der Waals surface area contributed by atoms with Crippen molar-refractivity contribution in [1.29, 1.82) is 0 Å². The zero-order valence-corrected chi connectivity index (χ0v) is 22.1. The minimum absolute atomic E-state index is 0.0934. The van der Waals surface area contributed by atoms with Gasteiger partial charge in [-0.3, -0.25) is 4.79 Å². The van der Waals surface area contributed by atoms with Crippen LogP contribution in [0.25, 0.3) is 0 Å². The lowest BCUT2D eigenvalue weighted by Gasteiger charge is -2.63. The summed E-state index contributed by atoms with van der Waals surface area (Å²) in [5.74, 6) is 1.41. The first-order valence-corrected chi connectivity index (χ1v) is 14.3. The Morgan fingerprint density at radius 2 is 1.92 bits per heavy atom. The van der Waals surface area contributed by atoms with Crippen molar-refractivity contribution in [1.82, 2.24) is 15.5 Å². The highest BCUT2D eigenvalue weighted by molar-refractivity contribution is 5.85. The number of carbonyl (C=O) groups excluding carboxylic acids is 2. The molecule has 8 heteroatoms. The SMILES string of the molecule is C[C@]12CC[C@H](NC(=O)N3CCNC(=O)C3)CC1CC[C@@H]1[C@@H]2CC[C@]2(C)[C@@H](c3ccc(=O)oc3)CC[C@]12O. The largest absolute Gasteiger partial charge is 0.431 e. The molecule has 0 aromatic carbocycles. The molecule has 2 heterocycles. The molecule has 8 atom stereocenters. The molecule has 1 saturated heterocycles. The second-order valence-electron chi connectivity index (χ2n) is 13.0. The van der Waals surface area contributed by atoms with Gasteiger partial charge in [0, 0.05) is 30.6 Å². The molecule has 1 aliphatic heterocycles. The highest BCUT2D eigenvalue weighted by atomic mass is 16.4. The molecule has 3 N–H and O–H groups in total. The van der Waals surface area contributed by atoms with Gasteiger partial charge in [-0.05, 0) is 98.5 Å². The molecular weight excluding hydrogens is 470 g/mol. The molecule has 4 saturated carbocycles. The molecule has 202 valence electrons. The maximum absolute atomic E-state index is 12.8. The first kappa shape index (κ1) is 25.0. The van der Waals surface area contributed by atoms with E-state index in [2.05, 4.69) is 24.5 Å². The maximum Gasteiger partial charge on any atom is 0.335 e. The molecule has 1 unspecified atom stereocenters. The summed E-state index contributed by atoms with van der Waals surface area (Å²) in [6.07, 6.45) is 10.5. The highest BCUT2D eigenvalue weighted by Crippen LogP contribution is 2.70. The quantitative estimate of drug-likeness (QED) is 0.564. The van der Waals surface area contributed by atoms with Crippen LogP contribution in [0.15, 0.2) is 27.6 Å². The van der Waals surface area contributed by atoms with Gasteiger partial charge in [-0.15, -0.1) is 0 Å². The first-order chi connectivity index (χ1) is 17.6. The van der Waals surface area contributed by atoms with Crippen molar-refractivity contribution in [2.24, 2.45) is 28.6 Å². The summed E-state index contributed by atoms with van der Waals surface area (Å²) in [7, 11) is 0. The summed E-state index contributed by atoms with van der Waals surface area (Å²) >= 11 is 0. The van der Waals surface area contributed by atoms with Crippen molar-refractivity contribution in [2.45, 2.75) is 89.2 Å². The Bertz CT molecular complexity index is 1120. The third-order valence-electron chi connectivity index (χ3n) is 11.6. The topological polar surface area (TPSA) is 112 Å². The van der Waals surface area contributed by atoms with E-state index in [1.165, 1.54) is 6.07 Å². The third kappa shape index (κ3) is 3.84. The normalized spacial score (nSPS) is 43.3. The number of hydrogen-bond donors (Lipinski definition) is 3. The summed E-state index contributed by atoms with van der Waals surface area (Å²) in [5, 5.41) is 18.4. The molecule has 0 radical (unpaired) electrons. The Morgan fingerprint density at radius 1 is 1.08 bits per heavy atom. The summed E-state index contributed by atoms with van der Waals surface area (Å²) in [5.41, 5.74) is -0.0402. The van der Waals surface area contributed by atoms with Gasteiger partial charge in [-0.1, -0.05) is 13.8 Å². The van der Waals surface area contributed by atoms with Gasteiger partial charge in [0.2, 0.25) is 5.91 Å². The lowest BCUT2D eigenvalue weighted by molar-refractivity contribution is -0.201. The molecule has 1 aromatic rings. The van der Waals surface area contributed by atoms with Crippen LogP contribution in [0.1, 0.15) is 83.1 Å². The van der Waals surface area contributed by atoms with Crippen LogP contribution in [0.4, 0.5) is 4.79 Å². The molecule has 6 rings (SSSR count). The van der Waals surface area contributed by atoms with Crippen molar-refractivity contribution in [2.75, 3.05) is 19.6 Å². The maximum atomic E-state index is 12.8. The number of aliphatic hydroxyl groups is 1. The predicted molar refractivity (Wildman–Crippen MR) is 138 cm³/mol. The second-order valence-corrected chi connectivity index (χ2v) is 13.0. The van der Waals surface area contributed by atoms with Crippen molar-refractivity contribution in [3.05, 3.63) is 34.4 Å². The van der Waals surface area contributed by atoms with E-state index in [-0.39, 0.29) is 52.8 Å². The summed E-state index contributed by atoms with van der Waals surface area (Å²) in [6, 6.07) is 3.43. The number of piperazine rings is 1. The van der Waals surface area contributed by atoms with Crippen LogP contribution in [-0.4, -0.2) is 53.2 Å². The Morgan fingerprint density at radius 3 is 2.68 bits per heavy atom. The zero-order chi connectivity index (χ0) is 26.0. The van der Waals surface area contributed by atoms with Gasteiger partial charge < -0.3 is 25.1 Å². The molecule has 0 spiro atoms. The molecule has 5 fully saturated rings. The number of urea groups is 1. The van der Waals surface area contributed by atoms with Crippen molar-refractivity contribution in [3.63, 3.8) is 0 Å². The fourth-order valence-corrected chi connectivity index (χ4v) is 9.54. The smallest absolute Gasteiger partial charge is 0.335 e. The number of nitrogens with zero attached hydrogens (tertiary/aromatic N) is 1. The lowest BCUT2D eigenvalue weighted by Crippen LogP contribution is -2.62. The summed E-state index contributed by atoms with van der Waals surface area (Å²) in [6.45, 7) is 5.93. The van der Waals surface area contributed by atoms with Gasteiger partial charge in [0.15, 0.2) is 0 Å². The standard InChI is InChI=1S/C29H41N3O5/c1-27-10-7-20(31-26(35)32-14-13-30-24(33)16-32)15-19(27)4-5-23-22(27)8-11-28(2)21(9-12-29(23,28)36)18-3-6-25(34)37-17-18/h3,6,17,19-23,36H,4-5,7-16H2,1-2H3,(H,30,33)(H,31,35)/t19?,20-,21+,22-,23+,27-,28+,29-/m0/s1. The van der Waals surface area contributed by atoms with Crippen LogP contribution in [0.5, 0.6) is 0 Å². The molecule has 1 aromatic heterocycles. The molecule has 5 aliphatic rings. The monoisotopic (exact) mass is 511 g/mol. The summed E-state index contributed by atoms with van der Waals surface area (Å²) < 4.78 is 5.21. The Labute approximate surface area is 218 Å². The number of fused-ring (bicyclic) bond motifs is 5. The highest BCUT2D eigenvalue weighted by Gasteiger charge is 2.67. The van der Waals surface area contributed by atoms with E-state index in [0.717, 1.165) is 63.4 Å². The van der Waals surface area contributed by atoms with Gasteiger partial charge in [0.05, 0.1) is 11.9 Å². The molecule has 4 aliphatic carbocycles. The summed E-state index contributed by atoms with van der Waals surface area (Å²) in [4.78, 5) is 37.7. The van der Waals surface area contributed by atoms with Crippen LogP contribution in [0.2, 0.25) is 0 Å². The minimum Gasteiger partial charge on any atom is -0.431 e. The lowest BCUT2D eigenvalue weighted by atomic mass is 9.43. The van der Waals surface area contributed by atoms with Crippen molar-refractivity contribution < 1.29 is 19.1 Å². The Kier molecular flexibility index (Phi) is 5.97. The van der Waals surface area contributed by atoms with E-state index in [1.807, 2.05) is 6.07 Å². The Hall–Kier alpha value is -2.35. The van der Waals surface area contributed by atoms with Gasteiger partial charge in [0.1, 0.15) is 6.54 Å². The fourth-order valence-electron chi connectivity index (χ4n) is 9.54. The van der Waals surface area contributed by atoms with E-state index >= 15 is 0 Å². The second kappa shape index (κ2) is 8.85. The Balaban J connectivity index is 1.16. The molecule has 8 nitrogen and oxygen atoms in total. The minimum atomic E-state index is -0.704. The van der Waals surface area contributed by atoms with Crippen molar-refractivity contribution in [3.8, 4) is 0 Å². The van der Waals surface area contributed by atoms with Crippen LogP contribution in [0.3, 0.4) is 0 Å². The van der Waals surface area contributed by atoms with Gasteiger partial charge in [-0.2, -0.15) is 0 Å². The number of rotatable bonds is 2. The van der Waals surface area contributed by atoms with E-state index < -0.39 is 5.60 Å². The van der Waals surface area contributed by atoms with Crippen LogP contribution < -0.4 is 16.3 Å². The fraction of sp³-hybridized carbons (Fsp3) is 0.759. The average molecular weight is 512 g/mol. The number of amides is 3. The van der Waals surface area contributed by atoms with Crippen LogP contribution in [-0.2, 0) is 4.79 Å². The van der Waals surface area contributed by atoms with Crippen molar-refractivity contribution >= 4 is 11.9 Å².